The van der Waals surface area contributed by atoms with Crippen molar-refractivity contribution in [3.05, 3.63) is 27.9 Å². The Hall–Kier alpha value is -2.20. The first-order valence-corrected chi connectivity index (χ1v) is 6.69. The molecule has 1 aromatic rings. The molecule has 0 bridgehead atoms. The van der Waals surface area contributed by atoms with Gasteiger partial charge >= 0.3 is 5.69 Å². The Bertz CT molecular complexity index is 534. The first-order chi connectivity index (χ1) is 9.67. The van der Waals surface area contributed by atoms with Gasteiger partial charge in [-0.1, -0.05) is 0 Å². The van der Waals surface area contributed by atoms with Crippen LogP contribution in [-0.4, -0.2) is 35.6 Å². The summed E-state index contributed by atoms with van der Waals surface area (Å²) < 4.78 is 0. The molecule has 0 saturated carbocycles. The van der Waals surface area contributed by atoms with Crippen molar-refractivity contribution >= 4 is 11.5 Å². The predicted molar refractivity (Wildman–Crippen MR) is 74.5 cm³/mol. The fraction of sp³-hybridized carbons (Fsp3) is 0.538. The molecule has 1 N–H and O–H groups in total. The molecule has 1 fully saturated rings. The molecule has 1 unspecified atom stereocenters. The highest BCUT2D eigenvalue weighted by Crippen LogP contribution is 2.29. The molecule has 7 nitrogen and oxygen atoms in total. The maximum atomic E-state index is 11.2. The van der Waals surface area contributed by atoms with Crippen LogP contribution in [0, 0.1) is 21.4 Å². The van der Waals surface area contributed by atoms with E-state index in [1.54, 1.807) is 0 Å². The fourth-order valence-corrected chi connectivity index (χ4v) is 2.54. The number of hydrogen-bond acceptors (Lipinski definition) is 6. The van der Waals surface area contributed by atoms with Gasteiger partial charge in [0.25, 0.3) is 0 Å². The molecule has 1 aliphatic heterocycles. The number of anilines is 1. The van der Waals surface area contributed by atoms with Gasteiger partial charge in [-0.2, -0.15) is 5.26 Å². The Morgan fingerprint density at radius 3 is 3.05 bits per heavy atom. The normalized spacial score (nSPS) is 18.3. The third-order valence-corrected chi connectivity index (χ3v) is 3.50. The van der Waals surface area contributed by atoms with Gasteiger partial charge in [0.15, 0.2) is 0 Å². The Labute approximate surface area is 117 Å². The van der Waals surface area contributed by atoms with Crippen LogP contribution in [0.1, 0.15) is 25.3 Å². The number of piperidine rings is 1. The van der Waals surface area contributed by atoms with E-state index >= 15 is 0 Å². The number of hydrogen-bond donors (Lipinski definition) is 1. The lowest BCUT2D eigenvalue weighted by Crippen LogP contribution is -2.46. The van der Waals surface area contributed by atoms with Gasteiger partial charge in [0.2, 0.25) is 5.82 Å². The topological polar surface area (TPSA) is 95.1 Å². The molecule has 0 aliphatic carbocycles. The van der Waals surface area contributed by atoms with Gasteiger partial charge in [-0.05, 0) is 26.3 Å². The maximum absolute atomic E-state index is 11.2. The van der Waals surface area contributed by atoms with E-state index in [1.165, 1.54) is 12.3 Å². The molecule has 2 rings (SSSR count). The minimum atomic E-state index is -0.470. The second-order valence-electron chi connectivity index (χ2n) is 4.72. The van der Waals surface area contributed by atoms with Gasteiger partial charge in [0, 0.05) is 31.4 Å². The predicted octanol–water partition coefficient (Wildman–Crippen LogP) is 1.44. The summed E-state index contributed by atoms with van der Waals surface area (Å²) >= 11 is 0. The lowest BCUT2D eigenvalue weighted by Gasteiger charge is -2.34. The number of nitriles is 1. The Balaban J connectivity index is 2.38. The number of nitrogens with zero attached hydrogens (tertiary/aromatic N) is 4. The Kier molecular flexibility index (Phi) is 4.48. The Morgan fingerprint density at radius 2 is 2.50 bits per heavy atom. The van der Waals surface area contributed by atoms with Crippen molar-refractivity contribution in [1.29, 1.82) is 5.26 Å². The lowest BCUT2D eigenvalue weighted by atomic mass is 10.1. The highest BCUT2D eigenvalue weighted by Gasteiger charge is 2.27. The standard InChI is InChI=1S/C13H17N5O2/c1-2-17(11-4-3-5-15-9-11)13-12(18(19)20)6-10(7-14)8-16-13/h6,8,11,15H,2-5,9H2,1H3. The number of nitro groups is 1. The van der Waals surface area contributed by atoms with Crippen LogP contribution < -0.4 is 10.2 Å². The van der Waals surface area contributed by atoms with Crippen LogP contribution in [0.3, 0.4) is 0 Å². The van der Waals surface area contributed by atoms with Crippen LogP contribution in [0.5, 0.6) is 0 Å². The molecule has 106 valence electrons. The zero-order chi connectivity index (χ0) is 14.5. The summed E-state index contributed by atoms with van der Waals surface area (Å²) in [6, 6.07) is 3.38. The first-order valence-electron chi connectivity index (χ1n) is 6.69. The zero-order valence-electron chi connectivity index (χ0n) is 11.4. The van der Waals surface area contributed by atoms with E-state index in [4.69, 9.17) is 5.26 Å². The van der Waals surface area contributed by atoms with Gasteiger partial charge in [-0.3, -0.25) is 10.1 Å². The molecular formula is C13H17N5O2. The molecule has 20 heavy (non-hydrogen) atoms. The van der Waals surface area contributed by atoms with Gasteiger partial charge in [0.05, 0.1) is 10.5 Å². The minimum absolute atomic E-state index is 0.100. The second kappa shape index (κ2) is 6.30. The largest absolute Gasteiger partial charge is 0.347 e. The number of nitrogens with one attached hydrogen (secondary N) is 1. The molecule has 1 aliphatic rings. The highest BCUT2D eigenvalue weighted by atomic mass is 16.6. The lowest BCUT2D eigenvalue weighted by molar-refractivity contribution is -0.384. The first kappa shape index (κ1) is 14.2. The summed E-state index contributed by atoms with van der Waals surface area (Å²) in [5.41, 5.74) is 0.106. The smallest absolute Gasteiger partial charge is 0.312 e. The maximum Gasteiger partial charge on any atom is 0.312 e. The molecule has 1 saturated heterocycles. The van der Waals surface area contributed by atoms with E-state index in [0.29, 0.717) is 12.4 Å². The zero-order valence-corrected chi connectivity index (χ0v) is 11.4. The van der Waals surface area contributed by atoms with Gasteiger partial charge in [0.1, 0.15) is 6.07 Å². The quantitative estimate of drug-likeness (QED) is 0.660. The van der Waals surface area contributed by atoms with Crippen molar-refractivity contribution in [2.75, 3.05) is 24.5 Å². The van der Waals surface area contributed by atoms with Crippen LogP contribution in [0.2, 0.25) is 0 Å². The average Bonchev–Trinajstić information content (AvgIpc) is 2.49. The summed E-state index contributed by atoms with van der Waals surface area (Å²) in [5.74, 6) is 0.352. The summed E-state index contributed by atoms with van der Waals surface area (Å²) in [6.45, 7) is 4.38. The molecule has 0 aromatic carbocycles. The molecule has 7 heteroatoms. The summed E-state index contributed by atoms with van der Waals surface area (Å²) in [5, 5.41) is 23.3. The van der Waals surface area contributed by atoms with Crippen molar-refractivity contribution in [1.82, 2.24) is 10.3 Å². The van der Waals surface area contributed by atoms with Crippen molar-refractivity contribution in [2.24, 2.45) is 0 Å². The summed E-state index contributed by atoms with van der Waals surface area (Å²) in [7, 11) is 0. The number of pyridine rings is 1. The van der Waals surface area contributed by atoms with Gasteiger partial charge in [-0.15, -0.1) is 0 Å². The molecule has 1 atom stereocenters. The SMILES string of the molecule is CCN(c1ncc(C#N)cc1[N+](=O)[O-])C1CCCNC1. The van der Waals surface area contributed by atoms with Gasteiger partial charge < -0.3 is 10.2 Å². The second-order valence-corrected chi connectivity index (χ2v) is 4.72. The number of likely N-dealkylation sites (N-methyl/N-ethyl adjacent to an activating group) is 1. The molecule has 2 heterocycles. The fourth-order valence-electron chi connectivity index (χ4n) is 2.54. The van der Waals surface area contributed by atoms with Crippen LogP contribution in [0.4, 0.5) is 11.5 Å². The molecule has 0 amide bonds. The van der Waals surface area contributed by atoms with E-state index < -0.39 is 4.92 Å². The molecular weight excluding hydrogens is 258 g/mol. The van der Waals surface area contributed by atoms with Crippen LogP contribution in [0.15, 0.2) is 12.3 Å². The van der Waals surface area contributed by atoms with Gasteiger partial charge in [-0.25, -0.2) is 4.98 Å². The monoisotopic (exact) mass is 275 g/mol. The van der Waals surface area contributed by atoms with Crippen molar-refractivity contribution in [3.63, 3.8) is 0 Å². The van der Waals surface area contributed by atoms with Crippen LogP contribution >= 0.6 is 0 Å². The van der Waals surface area contributed by atoms with E-state index in [2.05, 4.69) is 10.3 Å². The van der Waals surface area contributed by atoms with Crippen LogP contribution in [-0.2, 0) is 0 Å². The average molecular weight is 275 g/mol. The van der Waals surface area contributed by atoms with Crippen LogP contribution in [0.25, 0.3) is 0 Å². The number of aromatic nitrogens is 1. The highest BCUT2D eigenvalue weighted by molar-refractivity contribution is 5.60. The molecule has 0 spiro atoms. The van der Waals surface area contributed by atoms with Crippen molar-refractivity contribution < 1.29 is 4.92 Å². The molecule has 1 aromatic heterocycles. The van der Waals surface area contributed by atoms with Crippen molar-refractivity contribution in [3.8, 4) is 6.07 Å². The van der Waals surface area contributed by atoms with E-state index in [-0.39, 0.29) is 17.3 Å². The third kappa shape index (κ3) is 2.86. The number of rotatable bonds is 4. The van der Waals surface area contributed by atoms with E-state index in [0.717, 1.165) is 25.9 Å². The van der Waals surface area contributed by atoms with E-state index in [1.807, 2.05) is 17.9 Å². The molecule has 0 radical (unpaired) electrons. The third-order valence-electron chi connectivity index (χ3n) is 3.50. The Morgan fingerprint density at radius 1 is 1.70 bits per heavy atom. The van der Waals surface area contributed by atoms with E-state index in [9.17, 15) is 10.1 Å². The summed E-state index contributed by atoms with van der Waals surface area (Å²) in [6.07, 6.45) is 3.42. The van der Waals surface area contributed by atoms with Crippen molar-refractivity contribution in [2.45, 2.75) is 25.8 Å². The summed E-state index contributed by atoms with van der Waals surface area (Å²) in [4.78, 5) is 16.8. The minimum Gasteiger partial charge on any atom is -0.347 e.